The molecule has 0 aliphatic carbocycles. The number of ether oxygens (including phenoxy) is 2. The van der Waals surface area contributed by atoms with Crippen LogP contribution in [0.4, 0.5) is 5.69 Å². The zero-order chi connectivity index (χ0) is 17.8. The quantitative estimate of drug-likeness (QED) is 0.667. The zero-order valence-electron chi connectivity index (χ0n) is 14.4. The minimum Gasteiger partial charge on any atom is -0.497 e. The summed E-state index contributed by atoms with van der Waals surface area (Å²) in [4.78, 5) is 16.1. The monoisotopic (exact) mass is 353 g/mol. The van der Waals surface area contributed by atoms with E-state index in [-0.39, 0.29) is 5.91 Å². The highest BCUT2D eigenvalue weighted by atomic mass is 32.1. The van der Waals surface area contributed by atoms with E-state index >= 15 is 0 Å². The average molecular weight is 353 g/mol. The maximum absolute atomic E-state index is 12.8. The third-order valence-corrected chi connectivity index (χ3v) is 5.04. The van der Waals surface area contributed by atoms with Crippen LogP contribution in [0.3, 0.4) is 0 Å². The first-order valence-corrected chi connectivity index (χ1v) is 8.60. The van der Waals surface area contributed by atoms with Gasteiger partial charge in [0.05, 0.1) is 19.1 Å². The molecule has 0 spiro atoms. The van der Waals surface area contributed by atoms with Crippen molar-refractivity contribution in [1.29, 1.82) is 0 Å². The standard InChI is InChI=1S/C20H19NO3S/c1-21(15-7-5-9-17(13-15)24-3)20(22)19-11-10-18(25-19)14-6-4-8-16(12-14)23-2/h4-13H,1-3H3. The average Bonchev–Trinajstić information content (AvgIpc) is 3.17. The summed E-state index contributed by atoms with van der Waals surface area (Å²) in [6.07, 6.45) is 0. The Morgan fingerprint density at radius 1 is 0.920 bits per heavy atom. The van der Waals surface area contributed by atoms with Gasteiger partial charge >= 0.3 is 0 Å². The van der Waals surface area contributed by atoms with Crippen LogP contribution in [0.25, 0.3) is 10.4 Å². The second-order valence-corrected chi connectivity index (χ2v) is 6.55. The highest BCUT2D eigenvalue weighted by Crippen LogP contribution is 2.31. The molecule has 0 radical (unpaired) electrons. The molecular formula is C20H19NO3S. The van der Waals surface area contributed by atoms with E-state index in [1.165, 1.54) is 11.3 Å². The molecule has 4 nitrogen and oxygen atoms in total. The van der Waals surface area contributed by atoms with Crippen LogP contribution in [0.15, 0.2) is 60.7 Å². The Balaban J connectivity index is 1.84. The fraction of sp³-hybridized carbons (Fsp3) is 0.150. The summed E-state index contributed by atoms with van der Waals surface area (Å²) in [5.74, 6) is 1.47. The van der Waals surface area contributed by atoms with Gasteiger partial charge in [0.2, 0.25) is 0 Å². The number of carbonyl (C=O) groups excluding carboxylic acids is 1. The van der Waals surface area contributed by atoms with Gasteiger partial charge in [0, 0.05) is 23.7 Å². The highest BCUT2D eigenvalue weighted by Gasteiger charge is 2.17. The number of thiophene rings is 1. The van der Waals surface area contributed by atoms with E-state index in [4.69, 9.17) is 9.47 Å². The van der Waals surface area contributed by atoms with Gasteiger partial charge in [0.25, 0.3) is 5.91 Å². The van der Waals surface area contributed by atoms with Gasteiger partial charge in [-0.05, 0) is 42.0 Å². The number of rotatable bonds is 5. The van der Waals surface area contributed by atoms with E-state index in [9.17, 15) is 4.79 Å². The number of benzene rings is 2. The summed E-state index contributed by atoms with van der Waals surface area (Å²) in [5, 5.41) is 0. The summed E-state index contributed by atoms with van der Waals surface area (Å²) in [7, 11) is 5.02. The number of nitrogens with zero attached hydrogens (tertiary/aromatic N) is 1. The third-order valence-electron chi connectivity index (χ3n) is 3.92. The van der Waals surface area contributed by atoms with Gasteiger partial charge in [0.15, 0.2) is 0 Å². The Bertz CT molecular complexity index is 888. The predicted molar refractivity (Wildman–Crippen MR) is 102 cm³/mol. The minimum absolute atomic E-state index is 0.0487. The zero-order valence-corrected chi connectivity index (χ0v) is 15.2. The van der Waals surface area contributed by atoms with Crippen LogP contribution in [0, 0.1) is 0 Å². The Kier molecular flexibility index (Phi) is 5.05. The number of methoxy groups -OCH3 is 2. The lowest BCUT2D eigenvalue weighted by molar-refractivity contribution is 0.0997. The van der Waals surface area contributed by atoms with Gasteiger partial charge < -0.3 is 14.4 Å². The SMILES string of the molecule is COc1cccc(-c2ccc(C(=O)N(C)c3cccc(OC)c3)s2)c1. The molecule has 3 rings (SSSR count). The molecule has 1 aromatic heterocycles. The van der Waals surface area contributed by atoms with E-state index in [0.717, 1.165) is 27.6 Å². The van der Waals surface area contributed by atoms with Crippen LogP contribution in [0.5, 0.6) is 11.5 Å². The number of anilines is 1. The molecule has 1 amide bonds. The molecule has 0 N–H and O–H groups in total. The maximum Gasteiger partial charge on any atom is 0.268 e. The van der Waals surface area contributed by atoms with Crippen LogP contribution in [0.1, 0.15) is 9.67 Å². The van der Waals surface area contributed by atoms with Crippen LogP contribution in [-0.2, 0) is 0 Å². The van der Waals surface area contributed by atoms with Crippen molar-refractivity contribution in [3.63, 3.8) is 0 Å². The fourth-order valence-corrected chi connectivity index (χ4v) is 3.46. The van der Waals surface area contributed by atoms with Crippen molar-refractivity contribution in [2.75, 3.05) is 26.2 Å². The van der Waals surface area contributed by atoms with Crippen molar-refractivity contribution < 1.29 is 14.3 Å². The smallest absolute Gasteiger partial charge is 0.268 e. The Morgan fingerprint density at radius 3 is 2.32 bits per heavy atom. The number of carbonyl (C=O) groups is 1. The lowest BCUT2D eigenvalue weighted by Gasteiger charge is -2.17. The molecule has 0 aliphatic heterocycles. The van der Waals surface area contributed by atoms with Crippen molar-refractivity contribution in [2.45, 2.75) is 0 Å². The molecule has 0 fully saturated rings. The van der Waals surface area contributed by atoms with Crippen LogP contribution < -0.4 is 14.4 Å². The molecule has 0 bridgehead atoms. The van der Waals surface area contributed by atoms with Gasteiger partial charge in [-0.15, -0.1) is 11.3 Å². The second kappa shape index (κ2) is 7.40. The van der Waals surface area contributed by atoms with Crippen molar-refractivity contribution in [2.24, 2.45) is 0 Å². The van der Waals surface area contributed by atoms with Crippen LogP contribution in [-0.4, -0.2) is 27.2 Å². The first-order chi connectivity index (χ1) is 12.1. The first-order valence-electron chi connectivity index (χ1n) is 7.78. The highest BCUT2D eigenvalue weighted by molar-refractivity contribution is 7.17. The molecule has 0 aliphatic rings. The van der Waals surface area contributed by atoms with E-state index in [0.29, 0.717) is 4.88 Å². The number of amides is 1. The predicted octanol–water partition coefficient (Wildman–Crippen LogP) is 4.71. The van der Waals surface area contributed by atoms with Gasteiger partial charge in [-0.2, -0.15) is 0 Å². The largest absolute Gasteiger partial charge is 0.497 e. The Hall–Kier alpha value is -2.79. The van der Waals surface area contributed by atoms with Gasteiger partial charge in [-0.1, -0.05) is 18.2 Å². The van der Waals surface area contributed by atoms with E-state index in [2.05, 4.69) is 0 Å². The minimum atomic E-state index is -0.0487. The molecule has 0 saturated heterocycles. The Labute approximate surface area is 151 Å². The van der Waals surface area contributed by atoms with Gasteiger partial charge in [-0.3, -0.25) is 4.79 Å². The molecule has 2 aromatic carbocycles. The van der Waals surface area contributed by atoms with Gasteiger partial charge in [-0.25, -0.2) is 0 Å². The summed E-state index contributed by atoms with van der Waals surface area (Å²) >= 11 is 1.47. The topological polar surface area (TPSA) is 38.8 Å². The van der Waals surface area contributed by atoms with Crippen molar-refractivity contribution in [3.05, 3.63) is 65.5 Å². The number of hydrogen-bond donors (Lipinski definition) is 0. The summed E-state index contributed by atoms with van der Waals surface area (Å²) < 4.78 is 10.5. The molecule has 3 aromatic rings. The lowest BCUT2D eigenvalue weighted by Crippen LogP contribution is -2.25. The van der Waals surface area contributed by atoms with E-state index in [1.807, 2.05) is 60.7 Å². The summed E-state index contributed by atoms with van der Waals surface area (Å²) in [6, 6.07) is 19.1. The molecule has 0 saturated carbocycles. The third kappa shape index (κ3) is 3.67. The van der Waals surface area contributed by atoms with Crippen molar-refractivity contribution in [3.8, 4) is 21.9 Å². The normalized spacial score (nSPS) is 10.4. The van der Waals surface area contributed by atoms with E-state index in [1.54, 1.807) is 26.2 Å². The van der Waals surface area contributed by atoms with Crippen LogP contribution >= 0.6 is 11.3 Å². The lowest BCUT2D eigenvalue weighted by atomic mass is 10.2. The molecule has 1 heterocycles. The molecule has 128 valence electrons. The number of hydrogen-bond acceptors (Lipinski definition) is 4. The van der Waals surface area contributed by atoms with Crippen molar-refractivity contribution >= 4 is 22.9 Å². The first kappa shape index (κ1) is 17.0. The van der Waals surface area contributed by atoms with Crippen LogP contribution in [0.2, 0.25) is 0 Å². The molecule has 25 heavy (non-hydrogen) atoms. The fourth-order valence-electron chi connectivity index (χ4n) is 2.49. The summed E-state index contributed by atoms with van der Waals surface area (Å²) in [5.41, 5.74) is 1.83. The second-order valence-electron chi connectivity index (χ2n) is 5.46. The van der Waals surface area contributed by atoms with E-state index < -0.39 is 0 Å². The molecule has 0 unspecified atom stereocenters. The van der Waals surface area contributed by atoms with Gasteiger partial charge in [0.1, 0.15) is 11.5 Å². The summed E-state index contributed by atoms with van der Waals surface area (Å²) in [6.45, 7) is 0. The Morgan fingerprint density at radius 2 is 1.60 bits per heavy atom. The maximum atomic E-state index is 12.8. The molecule has 0 atom stereocenters. The van der Waals surface area contributed by atoms with Crippen molar-refractivity contribution in [1.82, 2.24) is 0 Å². The molecule has 5 heteroatoms. The molecular weight excluding hydrogens is 334 g/mol.